The molecule has 5 saturated heterocycles. The fourth-order valence-electron chi connectivity index (χ4n) is 11.1. The van der Waals surface area contributed by atoms with Crippen molar-refractivity contribution in [2.75, 3.05) is 0 Å². The van der Waals surface area contributed by atoms with Gasteiger partial charge >= 0.3 is 0 Å². The highest BCUT2D eigenvalue weighted by molar-refractivity contribution is 5.13. The second-order valence-corrected chi connectivity index (χ2v) is 14.9. The van der Waals surface area contributed by atoms with E-state index in [-0.39, 0.29) is 12.3 Å². The quantitative estimate of drug-likeness (QED) is 0.243. The number of rotatable bonds is 2. The molecule has 0 aromatic carbocycles. The molecule has 8 N–H and O–H groups in total. The summed E-state index contributed by atoms with van der Waals surface area (Å²) in [4.78, 5) is 0. The van der Waals surface area contributed by atoms with Gasteiger partial charge in [0.05, 0.1) is 49.3 Å². The Balaban J connectivity index is 1.14. The monoisotopic (exact) mass is 564 g/mol. The number of fused-ring (bicyclic) bond motifs is 17. The van der Waals surface area contributed by atoms with Gasteiger partial charge < -0.3 is 0 Å². The molecule has 8 rings (SSSR count). The first kappa shape index (κ1) is 27.7. The van der Waals surface area contributed by atoms with Crippen LogP contribution < -0.4 is 42.5 Å². The maximum atomic E-state index is 4.35. The highest BCUT2D eigenvalue weighted by Gasteiger charge is 2.53. The van der Waals surface area contributed by atoms with Gasteiger partial charge in [-0.2, -0.15) is 0 Å². The fourth-order valence-corrected chi connectivity index (χ4v) is 11.1. The van der Waals surface area contributed by atoms with E-state index in [0.717, 1.165) is 11.8 Å². The van der Waals surface area contributed by atoms with Crippen molar-refractivity contribution in [1.82, 2.24) is 42.5 Å². The summed E-state index contributed by atoms with van der Waals surface area (Å²) in [5.41, 5.74) is 0. The molecule has 0 aromatic heterocycles. The van der Waals surface area contributed by atoms with Crippen molar-refractivity contribution in [3.8, 4) is 0 Å². The third-order valence-electron chi connectivity index (χ3n) is 13.0. The van der Waals surface area contributed by atoms with Crippen molar-refractivity contribution >= 4 is 0 Å². The summed E-state index contributed by atoms with van der Waals surface area (Å²) in [6, 6.07) is 0. The first-order chi connectivity index (χ1) is 20.2. The summed E-state index contributed by atoms with van der Waals surface area (Å²) in [6.07, 6.45) is 25.7. The van der Waals surface area contributed by atoms with Crippen LogP contribution >= 0.6 is 0 Å². The second kappa shape index (κ2) is 11.6. The van der Waals surface area contributed by atoms with Crippen molar-refractivity contribution in [3.63, 3.8) is 0 Å². The molecule has 5 aliphatic heterocycles. The van der Waals surface area contributed by atoms with Crippen LogP contribution in [0.1, 0.15) is 84.0 Å². The number of allylic oxidation sites excluding steroid dienone is 1. The van der Waals surface area contributed by atoms with E-state index in [9.17, 15) is 0 Å². The summed E-state index contributed by atoms with van der Waals surface area (Å²) in [5.74, 6) is 4.89. The molecular weight excluding hydrogens is 508 g/mol. The lowest BCUT2D eigenvalue weighted by molar-refractivity contribution is 0.174. The van der Waals surface area contributed by atoms with Crippen LogP contribution in [0.2, 0.25) is 0 Å². The molecule has 5 heterocycles. The van der Waals surface area contributed by atoms with Gasteiger partial charge in [0.25, 0.3) is 0 Å². The van der Waals surface area contributed by atoms with Crippen molar-refractivity contribution in [2.45, 2.75) is 133 Å². The van der Waals surface area contributed by atoms with Gasteiger partial charge in [-0.3, -0.25) is 42.5 Å². The molecule has 16 unspecified atom stereocenters. The average Bonchev–Trinajstić information content (AvgIpc) is 3.72. The summed E-state index contributed by atoms with van der Waals surface area (Å²) in [7, 11) is 0. The Morgan fingerprint density at radius 2 is 0.683 bits per heavy atom. The Morgan fingerprint density at radius 1 is 0.415 bits per heavy atom. The van der Waals surface area contributed by atoms with Crippen LogP contribution in [0.25, 0.3) is 0 Å². The molecular formula is C33H56N8. The minimum Gasteiger partial charge on any atom is -0.286 e. The molecule has 0 amide bonds. The zero-order chi connectivity index (χ0) is 27.5. The maximum absolute atomic E-state index is 4.35. The highest BCUT2D eigenvalue weighted by Crippen LogP contribution is 2.44. The lowest BCUT2D eigenvalue weighted by Gasteiger charge is -2.35. The molecule has 16 atom stereocenters. The van der Waals surface area contributed by atoms with Gasteiger partial charge in [0.2, 0.25) is 0 Å². The molecule has 8 fully saturated rings. The van der Waals surface area contributed by atoms with Crippen LogP contribution in [0.4, 0.5) is 0 Å². The molecule has 8 bridgehead atoms. The van der Waals surface area contributed by atoms with E-state index >= 15 is 0 Å². The lowest BCUT2D eigenvalue weighted by atomic mass is 9.77. The van der Waals surface area contributed by atoms with Crippen molar-refractivity contribution < 1.29 is 0 Å². The van der Waals surface area contributed by atoms with Crippen molar-refractivity contribution in [3.05, 3.63) is 24.8 Å². The first-order valence-corrected chi connectivity index (χ1v) is 17.6. The second-order valence-electron chi connectivity index (χ2n) is 14.9. The number of hydrogen-bond donors (Lipinski definition) is 8. The topological polar surface area (TPSA) is 96.2 Å². The van der Waals surface area contributed by atoms with Gasteiger partial charge in [-0.15, -0.1) is 6.58 Å². The standard InChI is InChI=1S/C33H56N8/c1-3-11-19-18(4-2)26-34-27(19)36-29-22-14-7-8-15-23(22)31(38-29)40-33-25-17-10-9-16-24(25)32(41-33)39-30-21-13-6-5-12-20(21)28(35-26)37-30/h3-4,11,18-41H,2,5-10,12-17H2,1H3/b11-3-. The normalized spacial score (nSPS) is 55.0. The largest absolute Gasteiger partial charge is 0.286 e. The maximum Gasteiger partial charge on any atom is 0.0667 e. The van der Waals surface area contributed by atoms with Crippen LogP contribution in [0.5, 0.6) is 0 Å². The zero-order valence-electron chi connectivity index (χ0n) is 25.2. The Bertz CT molecular complexity index is 973. The van der Waals surface area contributed by atoms with E-state index in [2.05, 4.69) is 74.3 Å². The van der Waals surface area contributed by atoms with Crippen LogP contribution in [0.3, 0.4) is 0 Å². The lowest BCUT2D eigenvalue weighted by Crippen LogP contribution is -2.61. The molecule has 3 aliphatic carbocycles. The molecule has 3 saturated carbocycles. The summed E-state index contributed by atoms with van der Waals surface area (Å²) in [6.45, 7) is 6.51. The van der Waals surface area contributed by atoms with Gasteiger partial charge in [0.15, 0.2) is 0 Å². The van der Waals surface area contributed by atoms with Crippen molar-refractivity contribution in [1.29, 1.82) is 0 Å². The van der Waals surface area contributed by atoms with Gasteiger partial charge in [-0.25, -0.2) is 0 Å². The predicted octanol–water partition coefficient (Wildman–Crippen LogP) is 2.79. The van der Waals surface area contributed by atoms with Crippen LogP contribution in [-0.2, 0) is 0 Å². The molecule has 0 radical (unpaired) electrons. The molecule has 0 aromatic rings. The average molecular weight is 565 g/mol. The molecule has 41 heavy (non-hydrogen) atoms. The molecule has 8 nitrogen and oxygen atoms in total. The Labute approximate surface area is 247 Å². The summed E-state index contributed by atoms with van der Waals surface area (Å²) in [5, 5.41) is 33.3. The van der Waals surface area contributed by atoms with E-state index in [1.807, 2.05) is 0 Å². The summed E-state index contributed by atoms with van der Waals surface area (Å²) >= 11 is 0. The highest BCUT2D eigenvalue weighted by atomic mass is 15.4. The van der Waals surface area contributed by atoms with Gasteiger partial charge in [-0.05, 0) is 81.0 Å². The molecule has 8 heteroatoms. The van der Waals surface area contributed by atoms with Gasteiger partial charge in [-0.1, -0.05) is 56.8 Å². The van der Waals surface area contributed by atoms with Crippen LogP contribution in [0, 0.1) is 47.3 Å². The van der Waals surface area contributed by atoms with Crippen molar-refractivity contribution in [2.24, 2.45) is 47.3 Å². The number of nitrogens with one attached hydrogen (secondary N) is 8. The summed E-state index contributed by atoms with van der Waals surface area (Å²) < 4.78 is 0. The van der Waals surface area contributed by atoms with Crippen LogP contribution in [-0.4, -0.2) is 49.3 Å². The zero-order valence-corrected chi connectivity index (χ0v) is 25.2. The predicted molar refractivity (Wildman–Crippen MR) is 164 cm³/mol. The number of hydrogen-bond acceptors (Lipinski definition) is 8. The molecule has 0 spiro atoms. The van der Waals surface area contributed by atoms with E-state index in [1.165, 1.54) is 77.0 Å². The Kier molecular flexibility index (Phi) is 7.82. The molecule has 8 aliphatic rings. The third kappa shape index (κ3) is 4.89. The first-order valence-electron chi connectivity index (χ1n) is 17.6. The van der Waals surface area contributed by atoms with E-state index in [0.29, 0.717) is 72.5 Å². The Hall–Kier alpha value is -0.840. The van der Waals surface area contributed by atoms with E-state index < -0.39 is 0 Å². The van der Waals surface area contributed by atoms with Gasteiger partial charge in [0, 0.05) is 11.8 Å². The minimum absolute atomic E-state index is 0.201. The smallest absolute Gasteiger partial charge is 0.0667 e. The third-order valence-corrected chi connectivity index (χ3v) is 13.0. The van der Waals surface area contributed by atoms with Crippen LogP contribution in [0.15, 0.2) is 24.8 Å². The molecule has 228 valence electrons. The van der Waals surface area contributed by atoms with E-state index in [4.69, 9.17) is 0 Å². The van der Waals surface area contributed by atoms with Gasteiger partial charge in [0.1, 0.15) is 0 Å². The fraction of sp³-hybridized carbons (Fsp3) is 0.879. The minimum atomic E-state index is 0.201. The van der Waals surface area contributed by atoms with E-state index in [1.54, 1.807) is 0 Å². The Morgan fingerprint density at radius 3 is 0.976 bits per heavy atom. The SMILES string of the molecule is C=CC1C2NC(NC3NC(NC4NC(NC5NC(N2)C2CCCCC52)C2CCCCC42)C2CCCCC32)C1/C=C\C.